The van der Waals surface area contributed by atoms with E-state index in [1.54, 1.807) is 0 Å². The molecule has 0 unspecified atom stereocenters. The molecule has 220 valence electrons. The largest absolute Gasteiger partial charge is 0.355 e. The molecule has 4 aromatic heterocycles. The van der Waals surface area contributed by atoms with Gasteiger partial charge in [0.15, 0.2) is 0 Å². The summed E-state index contributed by atoms with van der Waals surface area (Å²) in [7, 11) is 0. The third-order valence-corrected chi connectivity index (χ3v) is 8.92. The van der Waals surface area contributed by atoms with Gasteiger partial charge in [-0.05, 0) is 108 Å². The SMILES string of the molecule is CCc1c2[nH]c(c1CC)/C=c1\[nH]/c(c(CC)c1CC)=C\c1[nH]c(c(/C=C/C#N)c1CC#N)/C=c1\[nH]/c(c(CC)c1CC)=C\2. The first-order valence-electron chi connectivity index (χ1n) is 15.7. The molecular formula is C37H42N6. The van der Waals surface area contributed by atoms with Crippen molar-refractivity contribution in [2.24, 2.45) is 0 Å². The Kier molecular flexibility index (Phi) is 8.78. The third kappa shape index (κ3) is 5.23. The van der Waals surface area contributed by atoms with Gasteiger partial charge in [0, 0.05) is 55.8 Å². The predicted molar refractivity (Wildman–Crippen MR) is 176 cm³/mol. The Hall–Kier alpha value is -4.68. The van der Waals surface area contributed by atoms with E-state index in [9.17, 15) is 10.5 Å². The lowest BCUT2D eigenvalue weighted by molar-refractivity contribution is 1.04. The highest BCUT2D eigenvalue weighted by Gasteiger charge is 2.18. The predicted octanol–water partition coefficient (Wildman–Crippen LogP) is 4.60. The molecule has 0 saturated heterocycles. The van der Waals surface area contributed by atoms with Gasteiger partial charge in [-0.2, -0.15) is 10.5 Å². The number of aromatic nitrogens is 4. The van der Waals surface area contributed by atoms with Crippen LogP contribution in [0.1, 0.15) is 109 Å². The Labute approximate surface area is 253 Å². The molecule has 5 rings (SSSR count). The number of fused-ring (bicyclic) bond motifs is 8. The maximum atomic E-state index is 9.84. The van der Waals surface area contributed by atoms with Gasteiger partial charge in [-0.1, -0.05) is 41.5 Å². The van der Waals surface area contributed by atoms with E-state index in [0.717, 1.165) is 93.8 Å². The molecule has 8 bridgehead atoms. The molecule has 0 fully saturated rings. The summed E-state index contributed by atoms with van der Waals surface area (Å²) in [6, 6.07) is 4.50. The highest BCUT2D eigenvalue weighted by molar-refractivity contribution is 5.73. The smallest absolute Gasteiger partial charge is 0.0912 e. The molecule has 4 aromatic rings. The van der Waals surface area contributed by atoms with Crippen molar-refractivity contribution in [2.45, 2.75) is 86.5 Å². The highest BCUT2D eigenvalue weighted by Crippen LogP contribution is 2.25. The summed E-state index contributed by atoms with van der Waals surface area (Å²) in [4.78, 5) is 15.0. The average Bonchev–Trinajstić information content (AvgIpc) is 3.72. The van der Waals surface area contributed by atoms with Crippen molar-refractivity contribution in [1.29, 1.82) is 10.5 Å². The maximum Gasteiger partial charge on any atom is 0.0912 e. The minimum Gasteiger partial charge on any atom is -0.355 e. The van der Waals surface area contributed by atoms with Crippen LogP contribution in [0.5, 0.6) is 0 Å². The fourth-order valence-electron chi connectivity index (χ4n) is 7.02. The van der Waals surface area contributed by atoms with E-state index in [4.69, 9.17) is 0 Å². The third-order valence-electron chi connectivity index (χ3n) is 8.92. The second kappa shape index (κ2) is 12.7. The van der Waals surface area contributed by atoms with Crippen LogP contribution >= 0.6 is 0 Å². The van der Waals surface area contributed by atoms with Crippen molar-refractivity contribution in [2.75, 3.05) is 0 Å². The zero-order valence-electron chi connectivity index (χ0n) is 26.3. The number of nitriles is 2. The fourth-order valence-corrected chi connectivity index (χ4v) is 7.02. The Bertz CT molecular complexity index is 2040. The maximum absolute atomic E-state index is 9.84. The molecule has 0 amide bonds. The Morgan fingerprint density at radius 2 is 0.884 bits per heavy atom. The van der Waals surface area contributed by atoms with E-state index in [1.165, 1.54) is 39.5 Å². The van der Waals surface area contributed by atoms with E-state index in [0.29, 0.717) is 0 Å². The fraction of sp³-hybridized carbons (Fsp3) is 0.351. The van der Waals surface area contributed by atoms with Crippen LogP contribution in [0.25, 0.3) is 30.4 Å². The Balaban J connectivity index is 2.02. The molecule has 5 heterocycles. The van der Waals surface area contributed by atoms with Gasteiger partial charge >= 0.3 is 0 Å². The lowest BCUT2D eigenvalue weighted by Crippen LogP contribution is -2.13. The lowest BCUT2D eigenvalue weighted by Gasteiger charge is -2.01. The van der Waals surface area contributed by atoms with Crippen LogP contribution in [0.3, 0.4) is 0 Å². The molecule has 0 saturated carbocycles. The van der Waals surface area contributed by atoms with Gasteiger partial charge in [0.25, 0.3) is 0 Å². The summed E-state index contributed by atoms with van der Waals surface area (Å²) in [6.07, 6.45) is 18.0. The molecule has 43 heavy (non-hydrogen) atoms. The number of nitrogens with zero attached hydrogens (tertiary/aromatic N) is 2. The second-order valence-corrected chi connectivity index (χ2v) is 11.1. The summed E-state index contributed by atoms with van der Waals surface area (Å²) in [6.45, 7) is 13.3. The van der Waals surface area contributed by atoms with E-state index in [1.807, 2.05) is 6.08 Å². The van der Waals surface area contributed by atoms with Gasteiger partial charge in [-0.25, -0.2) is 0 Å². The number of nitrogens with one attached hydrogen (secondary N) is 4. The van der Waals surface area contributed by atoms with Crippen molar-refractivity contribution in [1.82, 2.24) is 19.9 Å². The molecule has 0 radical (unpaired) electrons. The number of hydrogen-bond donors (Lipinski definition) is 4. The standard InChI is InChI=1S/C37H42N6/c1-7-22-23(8-2)31-19-33-25(10-4)27(12-6)35(42-33)21-37-29(15-17-39)28(14-13-16-38)36(43-37)20-34-26(11-5)24(9-3)32(41-34)18-30(22)40-31/h13-14,18-21,40-43H,7-12,15H2,1-6H3/b14-13+,30-18?,31-19?,32-18-,33-19-,34-20-,35-21-,36-20?,37-21?. The van der Waals surface area contributed by atoms with Crippen LogP contribution in [0.4, 0.5) is 0 Å². The van der Waals surface area contributed by atoms with Crippen molar-refractivity contribution in [3.63, 3.8) is 0 Å². The van der Waals surface area contributed by atoms with E-state index in [2.05, 4.69) is 97.9 Å². The summed E-state index contributed by atoms with van der Waals surface area (Å²) >= 11 is 0. The van der Waals surface area contributed by atoms with Gasteiger partial charge in [-0.15, -0.1) is 0 Å². The molecule has 6 heteroatoms. The van der Waals surface area contributed by atoms with Crippen LogP contribution in [-0.2, 0) is 44.9 Å². The van der Waals surface area contributed by atoms with Crippen molar-refractivity contribution >= 4 is 30.4 Å². The zero-order valence-corrected chi connectivity index (χ0v) is 26.3. The molecule has 0 atom stereocenters. The highest BCUT2D eigenvalue weighted by atomic mass is 14.8. The molecular weight excluding hydrogens is 528 g/mol. The zero-order chi connectivity index (χ0) is 30.7. The van der Waals surface area contributed by atoms with Gasteiger partial charge in [0.1, 0.15) is 0 Å². The van der Waals surface area contributed by atoms with E-state index >= 15 is 0 Å². The molecule has 4 N–H and O–H groups in total. The minimum atomic E-state index is 0.234. The molecule has 0 aromatic carbocycles. The van der Waals surface area contributed by atoms with E-state index in [-0.39, 0.29) is 6.42 Å². The monoisotopic (exact) mass is 570 g/mol. The molecule has 0 aliphatic carbocycles. The molecule has 6 nitrogen and oxygen atoms in total. The van der Waals surface area contributed by atoms with Crippen LogP contribution in [-0.4, -0.2) is 19.9 Å². The summed E-state index contributed by atoms with van der Waals surface area (Å²) < 4.78 is 0. The number of hydrogen-bond acceptors (Lipinski definition) is 2. The summed E-state index contributed by atoms with van der Waals surface area (Å²) in [5.41, 5.74) is 13.8. The summed E-state index contributed by atoms with van der Waals surface area (Å²) in [5, 5.41) is 23.6. The first-order valence-corrected chi connectivity index (χ1v) is 15.7. The van der Waals surface area contributed by atoms with Crippen LogP contribution in [0.2, 0.25) is 0 Å². The average molecular weight is 571 g/mol. The van der Waals surface area contributed by atoms with Gasteiger partial charge in [0.2, 0.25) is 0 Å². The topological polar surface area (TPSA) is 111 Å². The Morgan fingerprint density at radius 1 is 0.512 bits per heavy atom. The summed E-state index contributed by atoms with van der Waals surface area (Å²) in [5.74, 6) is 0. The molecule has 1 aliphatic heterocycles. The molecule has 0 spiro atoms. The quantitative estimate of drug-likeness (QED) is 0.204. The number of allylic oxidation sites excluding steroid dienone is 1. The number of aromatic amines is 4. The van der Waals surface area contributed by atoms with E-state index < -0.39 is 0 Å². The van der Waals surface area contributed by atoms with Gasteiger partial charge in [0.05, 0.1) is 18.6 Å². The first kappa shape index (κ1) is 29.8. The lowest BCUT2D eigenvalue weighted by atomic mass is 10.0. The van der Waals surface area contributed by atoms with Crippen LogP contribution in [0.15, 0.2) is 6.08 Å². The van der Waals surface area contributed by atoms with Gasteiger partial charge in [-0.3, -0.25) is 0 Å². The first-order chi connectivity index (χ1) is 21.0. The van der Waals surface area contributed by atoms with Crippen molar-refractivity contribution < 1.29 is 0 Å². The second-order valence-electron chi connectivity index (χ2n) is 11.1. The van der Waals surface area contributed by atoms with Crippen molar-refractivity contribution in [3.05, 3.63) is 94.8 Å². The minimum absolute atomic E-state index is 0.234. The van der Waals surface area contributed by atoms with Crippen molar-refractivity contribution in [3.8, 4) is 12.1 Å². The van der Waals surface area contributed by atoms with Crippen LogP contribution in [0, 0.1) is 22.7 Å². The number of H-pyrrole nitrogens is 4. The Morgan fingerprint density at radius 3 is 1.26 bits per heavy atom. The molecule has 1 aliphatic rings. The normalized spacial score (nSPS) is 15.4. The van der Waals surface area contributed by atoms with Gasteiger partial charge < -0.3 is 19.9 Å². The van der Waals surface area contributed by atoms with Crippen LogP contribution < -0.4 is 21.4 Å². The number of rotatable bonds is 8.